The first kappa shape index (κ1) is 17.4. The Morgan fingerprint density at radius 1 is 1.12 bits per heavy atom. The van der Waals surface area contributed by atoms with Gasteiger partial charge in [0.1, 0.15) is 17.4 Å². The van der Waals surface area contributed by atoms with Crippen LogP contribution in [0, 0.1) is 13.8 Å². The van der Waals surface area contributed by atoms with Crippen molar-refractivity contribution < 1.29 is 9.52 Å². The second-order valence-corrected chi connectivity index (χ2v) is 6.22. The molecule has 0 aliphatic rings. The molecule has 6 heteroatoms. The largest absolute Gasteiger partial charge is 0.443 e. The fourth-order valence-corrected chi connectivity index (χ4v) is 2.94. The molecule has 2 heterocycles. The van der Waals surface area contributed by atoms with Gasteiger partial charge in [-0.15, -0.1) is 0 Å². The molecule has 25 heavy (non-hydrogen) atoms. The fraction of sp³-hybridized carbons (Fsp3) is 0.368. The van der Waals surface area contributed by atoms with E-state index in [-0.39, 0.29) is 6.61 Å². The van der Waals surface area contributed by atoms with Crippen LogP contribution in [0.5, 0.6) is 0 Å². The zero-order valence-corrected chi connectivity index (χ0v) is 14.7. The summed E-state index contributed by atoms with van der Waals surface area (Å²) in [4.78, 5) is 11.1. The quantitative estimate of drug-likeness (QED) is 0.687. The molecule has 0 radical (unpaired) electrons. The predicted molar refractivity (Wildman–Crippen MR) is 98.2 cm³/mol. The summed E-state index contributed by atoms with van der Waals surface area (Å²) in [7, 11) is 0. The van der Waals surface area contributed by atoms with Crippen molar-refractivity contribution in [2.75, 3.05) is 25.4 Å². The van der Waals surface area contributed by atoms with Crippen LogP contribution in [0.15, 0.2) is 34.7 Å². The second-order valence-electron chi connectivity index (χ2n) is 6.22. The summed E-state index contributed by atoms with van der Waals surface area (Å²) in [6, 6.07) is 10.3. The number of aliphatic hydroxyl groups is 1. The Morgan fingerprint density at radius 3 is 2.60 bits per heavy atom. The van der Waals surface area contributed by atoms with Crippen molar-refractivity contribution in [3.05, 3.63) is 53.0 Å². The summed E-state index contributed by atoms with van der Waals surface area (Å²) in [5.74, 6) is 1.87. The summed E-state index contributed by atoms with van der Waals surface area (Å²) in [5, 5.41) is 10.1. The van der Waals surface area contributed by atoms with E-state index in [1.54, 1.807) is 0 Å². The number of aromatic nitrogens is 2. The molecule has 3 N–H and O–H groups in total. The molecule has 0 unspecified atom stereocenters. The van der Waals surface area contributed by atoms with E-state index < -0.39 is 0 Å². The summed E-state index contributed by atoms with van der Waals surface area (Å²) < 4.78 is 5.69. The highest BCUT2D eigenvalue weighted by Crippen LogP contribution is 2.27. The van der Waals surface area contributed by atoms with Gasteiger partial charge >= 0.3 is 0 Å². The molecular formula is C19H24N4O2. The van der Waals surface area contributed by atoms with Crippen LogP contribution in [0.3, 0.4) is 0 Å². The molecule has 3 rings (SSSR count). The highest BCUT2D eigenvalue weighted by molar-refractivity contribution is 5.88. The van der Waals surface area contributed by atoms with Crippen LogP contribution in [0.25, 0.3) is 11.1 Å². The lowest BCUT2D eigenvalue weighted by molar-refractivity contribution is 0.188. The lowest BCUT2D eigenvalue weighted by Gasteiger charge is -2.20. The first-order chi connectivity index (χ1) is 12.1. The van der Waals surface area contributed by atoms with E-state index in [4.69, 9.17) is 10.2 Å². The third-order valence-corrected chi connectivity index (χ3v) is 4.44. The zero-order valence-electron chi connectivity index (χ0n) is 14.7. The molecule has 0 amide bonds. The van der Waals surface area contributed by atoms with E-state index in [2.05, 4.69) is 27.0 Å². The topological polar surface area (TPSA) is 88.4 Å². The number of nitrogens with zero attached hydrogens (tertiary/aromatic N) is 3. The van der Waals surface area contributed by atoms with E-state index >= 15 is 0 Å². The van der Waals surface area contributed by atoms with Gasteiger partial charge in [0.05, 0.1) is 18.5 Å². The van der Waals surface area contributed by atoms with Crippen LogP contribution in [0.4, 0.5) is 5.82 Å². The van der Waals surface area contributed by atoms with Crippen molar-refractivity contribution in [2.24, 2.45) is 0 Å². The van der Waals surface area contributed by atoms with Gasteiger partial charge in [-0.25, -0.2) is 4.98 Å². The maximum Gasteiger partial charge on any atom is 0.231 e. The Hall–Kier alpha value is -2.44. The van der Waals surface area contributed by atoms with Crippen LogP contribution >= 0.6 is 0 Å². The molecule has 6 nitrogen and oxygen atoms in total. The molecule has 0 bridgehead atoms. The van der Waals surface area contributed by atoms with Gasteiger partial charge in [-0.2, -0.15) is 4.98 Å². The van der Waals surface area contributed by atoms with Gasteiger partial charge in [-0.1, -0.05) is 30.3 Å². The Kier molecular flexibility index (Phi) is 5.31. The molecule has 2 aromatic heterocycles. The van der Waals surface area contributed by atoms with Crippen molar-refractivity contribution in [1.82, 2.24) is 14.9 Å². The summed E-state index contributed by atoms with van der Waals surface area (Å²) >= 11 is 0. The lowest BCUT2D eigenvalue weighted by Crippen LogP contribution is -2.29. The van der Waals surface area contributed by atoms with Crippen molar-refractivity contribution in [2.45, 2.75) is 26.8 Å². The maximum absolute atomic E-state index is 9.35. The number of rotatable bonds is 7. The molecule has 0 aliphatic carbocycles. The van der Waals surface area contributed by atoms with E-state index in [9.17, 15) is 5.11 Å². The average Bonchev–Trinajstić information content (AvgIpc) is 2.88. The lowest BCUT2D eigenvalue weighted by atomic mass is 10.1. The first-order valence-electron chi connectivity index (χ1n) is 8.47. The minimum atomic E-state index is 0.0888. The van der Waals surface area contributed by atoms with Gasteiger partial charge in [0.25, 0.3) is 0 Å². The minimum Gasteiger partial charge on any atom is -0.443 e. The van der Waals surface area contributed by atoms with E-state index in [1.807, 2.05) is 32.0 Å². The number of hydrogen-bond donors (Lipinski definition) is 2. The number of nitrogens with two attached hydrogens (primary N) is 1. The highest BCUT2D eigenvalue weighted by Gasteiger charge is 2.16. The molecule has 0 saturated carbocycles. The number of aryl methyl sites for hydroxylation is 2. The SMILES string of the molecule is Cc1oc2nc(CN(CCO)CCc3ccccc3)nc(N)c2c1C. The maximum atomic E-state index is 9.35. The molecule has 0 atom stereocenters. The first-order valence-corrected chi connectivity index (χ1v) is 8.47. The number of fused-ring (bicyclic) bond motifs is 1. The third kappa shape index (κ3) is 3.97. The molecule has 0 saturated heterocycles. The normalized spacial score (nSPS) is 11.5. The van der Waals surface area contributed by atoms with E-state index in [0.717, 1.165) is 29.7 Å². The molecule has 0 fully saturated rings. The molecule has 132 valence electrons. The van der Waals surface area contributed by atoms with Crippen molar-refractivity contribution in [3.63, 3.8) is 0 Å². The fourth-order valence-electron chi connectivity index (χ4n) is 2.94. The summed E-state index contributed by atoms with van der Waals surface area (Å²) in [5.41, 5.74) is 8.88. The van der Waals surface area contributed by atoms with Gasteiger partial charge < -0.3 is 15.3 Å². The minimum absolute atomic E-state index is 0.0888. The van der Waals surface area contributed by atoms with Crippen LogP contribution in [0.2, 0.25) is 0 Å². The second kappa shape index (κ2) is 7.63. The molecule has 0 aliphatic heterocycles. The highest BCUT2D eigenvalue weighted by atomic mass is 16.3. The van der Waals surface area contributed by atoms with E-state index in [0.29, 0.717) is 30.4 Å². The number of furan rings is 1. The van der Waals surface area contributed by atoms with Crippen molar-refractivity contribution in [3.8, 4) is 0 Å². The van der Waals surface area contributed by atoms with Crippen molar-refractivity contribution in [1.29, 1.82) is 0 Å². The zero-order chi connectivity index (χ0) is 17.8. The average molecular weight is 340 g/mol. The van der Waals surface area contributed by atoms with E-state index in [1.165, 1.54) is 5.56 Å². The molecule has 3 aromatic rings. The van der Waals surface area contributed by atoms with Gasteiger partial charge in [0, 0.05) is 18.7 Å². The smallest absolute Gasteiger partial charge is 0.231 e. The third-order valence-electron chi connectivity index (χ3n) is 4.44. The van der Waals surface area contributed by atoms with Gasteiger partial charge in [0.15, 0.2) is 0 Å². The van der Waals surface area contributed by atoms with Crippen molar-refractivity contribution >= 4 is 16.9 Å². The molecule has 1 aromatic carbocycles. The van der Waals surface area contributed by atoms with Gasteiger partial charge in [-0.05, 0) is 25.8 Å². The Labute approximate surface area is 147 Å². The van der Waals surface area contributed by atoms with Gasteiger partial charge in [0.2, 0.25) is 5.71 Å². The molecular weight excluding hydrogens is 316 g/mol. The predicted octanol–water partition coefficient (Wildman–Crippen LogP) is 2.46. The standard InChI is InChI=1S/C19H24N4O2/c1-13-14(2)25-19-17(13)18(20)21-16(22-19)12-23(10-11-24)9-8-15-6-4-3-5-7-15/h3-7,24H,8-12H2,1-2H3,(H2,20,21,22). The van der Waals surface area contributed by atoms with Crippen LogP contribution in [-0.4, -0.2) is 39.7 Å². The van der Waals surface area contributed by atoms with Crippen LogP contribution in [0.1, 0.15) is 22.7 Å². The number of benzene rings is 1. The number of hydrogen-bond acceptors (Lipinski definition) is 6. The molecule has 0 spiro atoms. The monoisotopic (exact) mass is 340 g/mol. The Morgan fingerprint density at radius 2 is 1.88 bits per heavy atom. The number of nitrogen functional groups attached to an aromatic ring is 1. The summed E-state index contributed by atoms with van der Waals surface area (Å²) in [6.45, 7) is 5.83. The van der Waals surface area contributed by atoms with Gasteiger partial charge in [-0.3, -0.25) is 4.90 Å². The van der Waals surface area contributed by atoms with Crippen LogP contribution in [-0.2, 0) is 13.0 Å². The Bertz CT molecular complexity index is 846. The van der Waals surface area contributed by atoms with Crippen LogP contribution < -0.4 is 5.73 Å². The Balaban J connectivity index is 1.76. The summed E-state index contributed by atoms with van der Waals surface area (Å²) in [6.07, 6.45) is 0.900. The number of aliphatic hydroxyl groups excluding tert-OH is 1. The number of anilines is 1.